The van der Waals surface area contributed by atoms with Gasteiger partial charge in [0, 0.05) is 12.7 Å². The van der Waals surface area contributed by atoms with E-state index in [4.69, 9.17) is 5.73 Å². The third-order valence-corrected chi connectivity index (χ3v) is 2.20. The zero-order valence-corrected chi connectivity index (χ0v) is 9.29. The Labute approximate surface area is 97.6 Å². The Morgan fingerprint density at radius 3 is 3.06 bits per heavy atom. The van der Waals surface area contributed by atoms with E-state index < -0.39 is 0 Å². The summed E-state index contributed by atoms with van der Waals surface area (Å²) in [6, 6.07) is 3.33. The molecule has 0 atom stereocenters. The lowest BCUT2D eigenvalue weighted by molar-refractivity contribution is 0.101. The minimum atomic E-state index is -0.345. The Bertz CT molecular complexity index is 521. The Balaban J connectivity index is 2.23. The second kappa shape index (κ2) is 4.60. The number of nitrogens with two attached hydrogens (primary N) is 1. The molecule has 0 aliphatic heterocycles. The third-order valence-electron chi connectivity index (χ3n) is 2.20. The molecule has 2 aromatic rings. The van der Waals surface area contributed by atoms with E-state index in [2.05, 4.69) is 20.6 Å². The highest BCUT2D eigenvalue weighted by atomic mass is 16.2. The normalized spacial score (nSPS) is 10.2. The van der Waals surface area contributed by atoms with Gasteiger partial charge in [-0.25, -0.2) is 0 Å². The van der Waals surface area contributed by atoms with Crippen LogP contribution in [-0.2, 0) is 6.54 Å². The van der Waals surface area contributed by atoms with Crippen molar-refractivity contribution in [2.45, 2.75) is 13.5 Å². The summed E-state index contributed by atoms with van der Waals surface area (Å²) >= 11 is 0. The lowest BCUT2D eigenvalue weighted by Crippen LogP contribution is -2.19. The Hall–Kier alpha value is -2.44. The average Bonchev–Trinajstić information content (AvgIpc) is 2.71. The van der Waals surface area contributed by atoms with Crippen LogP contribution in [0.15, 0.2) is 24.5 Å². The van der Waals surface area contributed by atoms with Crippen molar-refractivity contribution in [2.24, 2.45) is 0 Å². The first kappa shape index (κ1) is 11.1. The summed E-state index contributed by atoms with van der Waals surface area (Å²) in [5, 5.41) is 14.0. The summed E-state index contributed by atoms with van der Waals surface area (Å²) in [6.45, 7) is 2.45. The number of aryl methyl sites for hydroxylation is 1. The molecule has 1 amide bonds. The van der Waals surface area contributed by atoms with Gasteiger partial charge in [-0.05, 0) is 19.1 Å². The molecule has 0 aromatic carbocycles. The molecule has 0 saturated heterocycles. The van der Waals surface area contributed by atoms with Gasteiger partial charge < -0.3 is 11.1 Å². The molecule has 88 valence electrons. The average molecular weight is 232 g/mol. The van der Waals surface area contributed by atoms with Gasteiger partial charge in [-0.1, -0.05) is 0 Å². The van der Waals surface area contributed by atoms with E-state index in [-0.39, 0.29) is 5.91 Å². The van der Waals surface area contributed by atoms with E-state index >= 15 is 0 Å². The number of nitrogen functional groups attached to an aromatic ring is 1. The number of hydrogen-bond acceptors (Lipinski definition) is 5. The van der Waals surface area contributed by atoms with E-state index in [1.807, 2.05) is 6.92 Å². The monoisotopic (exact) mass is 232 g/mol. The molecule has 2 heterocycles. The SMILES string of the molecule is CCn1ncc(N)c1C(=O)Nc1cccnn1. The summed E-state index contributed by atoms with van der Waals surface area (Å²) in [5.74, 6) is 0.0307. The molecule has 0 fully saturated rings. The van der Waals surface area contributed by atoms with E-state index in [1.165, 1.54) is 17.1 Å². The van der Waals surface area contributed by atoms with Crippen LogP contribution >= 0.6 is 0 Å². The fourth-order valence-corrected chi connectivity index (χ4v) is 1.43. The first-order valence-corrected chi connectivity index (χ1v) is 5.12. The van der Waals surface area contributed by atoms with Crippen molar-refractivity contribution in [3.63, 3.8) is 0 Å². The van der Waals surface area contributed by atoms with Crippen LogP contribution in [0.25, 0.3) is 0 Å². The van der Waals surface area contributed by atoms with E-state index in [9.17, 15) is 4.79 Å². The molecule has 0 aliphatic carbocycles. The summed E-state index contributed by atoms with van der Waals surface area (Å²) in [6.07, 6.45) is 2.98. The lowest BCUT2D eigenvalue weighted by Gasteiger charge is -2.06. The van der Waals surface area contributed by atoms with Gasteiger partial charge in [0.1, 0.15) is 5.69 Å². The number of carbonyl (C=O) groups excluding carboxylic acids is 1. The fourth-order valence-electron chi connectivity index (χ4n) is 1.43. The number of carbonyl (C=O) groups is 1. The molecule has 7 nitrogen and oxygen atoms in total. The Morgan fingerprint density at radius 2 is 2.41 bits per heavy atom. The first-order valence-electron chi connectivity index (χ1n) is 5.12. The van der Waals surface area contributed by atoms with Gasteiger partial charge in [-0.2, -0.15) is 10.2 Å². The highest BCUT2D eigenvalue weighted by molar-refractivity contribution is 6.05. The maximum absolute atomic E-state index is 12.0. The van der Waals surface area contributed by atoms with Crippen molar-refractivity contribution in [1.29, 1.82) is 0 Å². The summed E-state index contributed by atoms with van der Waals surface area (Å²) in [7, 11) is 0. The van der Waals surface area contributed by atoms with Crippen molar-refractivity contribution in [2.75, 3.05) is 11.1 Å². The molecule has 3 N–H and O–H groups in total. The minimum Gasteiger partial charge on any atom is -0.396 e. The minimum absolute atomic E-state index is 0.332. The molecule has 0 aliphatic rings. The summed E-state index contributed by atoms with van der Waals surface area (Å²) in [4.78, 5) is 12.0. The molecule has 7 heteroatoms. The van der Waals surface area contributed by atoms with Crippen molar-refractivity contribution in [3.05, 3.63) is 30.2 Å². The molecule has 17 heavy (non-hydrogen) atoms. The first-order chi connectivity index (χ1) is 8.22. The smallest absolute Gasteiger partial charge is 0.277 e. The molecule has 2 rings (SSSR count). The second-order valence-electron chi connectivity index (χ2n) is 3.33. The molecule has 0 bridgehead atoms. The van der Waals surface area contributed by atoms with Gasteiger partial charge in [0.05, 0.1) is 11.9 Å². The number of hydrogen-bond donors (Lipinski definition) is 2. The molecular weight excluding hydrogens is 220 g/mol. The number of nitrogens with one attached hydrogen (secondary N) is 1. The molecule has 0 unspecified atom stereocenters. The Morgan fingerprint density at radius 1 is 1.59 bits per heavy atom. The van der Waals surface area contributed by atoms with E-state index in [1.54, 1.807) is 12.1 Å². The van der Waals surface area contributed by atoms with Gasteiger partial charge in [0.25, 0.3) is 5.91 Å². The van der Waals surface area contributed by atoms with Crippen LogP contribution in [0.4, 0.5) is 11.5 Å². The van der Waals surface area contributed by atoms with Gasteiger partial charge >= 0.3 is 0 Å². The molecule has 0 radical (unpaired) electrons. The van der Waals surface area contributed by atoms with Gasteiger partial charge in [0.15, 0.2) is 5.82 Å². The molecule has 0 spiro atoms. The van der Waals surface area contributed by atoms with Gasteiger partial charge in [-0.3, -0.25) is 9.48 Å². The third kappa shape index (κ3) is 2.22. The van der Waals surface area contributed by atoms with Crippen molar-refractivity contribution >= 4 is 17.4 Å². The van der Waals surface area contributed by atoms with E-state index in [0.717, 1.165) is 0 Å². The summed E-state index contributed by atoms with van der Waals surface area (Å²) in [5.41, 5.74) is 6.36. The van der Waals surface area contributed by atoms with Gasteiger partial charge in [0.2, 0.25) is 0 Å². The molecule has 2 aromatic heterocycles. The number of amides is 1. The number of anilines is 2. The zero-order chi connectivity index (χ0) is 12.3. The quantitative estimate of drug-likeness (QED) is 0.804. The molecular formula is C10H12N6O. The maximum Gasteiger partial charge on any atom is 0.277 e. The standard InChI is InChI=1S/C10H12N6O/c1-2-16-9(7(11)6-13-16)10(17)14-8-4-3-5-12-15-8/h3-6H,2,11H2,1H3,(H,14,15,17). The predicted molar refractivity (Wildman–Crippen MR) is 62.3 cm³/mol. The van der Waals surface area contributed by atoms with Crippen molar-refractivity contribution < 1.29 is 4.79 Å². The Kier molecular flexibility index (Phi) is 2.99. The fraction of sp³-hybridized carbons (Fsp3) is 0.200. The van der Waals surface area contributed by atoms with Crippen LogP contribution in [0.1, 0.15) is 17.4 Å². The van der Waals surface area contributed by atoms with Crippen molar-refractivity contribution in [3.8, 4) is 0 Å². The second-order valence-corrected chi connectivity index (χ2v) is 3.33. The zero-order valence-electron chi connectivity index (χ0n) is 9.29. The van der Waals surface area contributed by atoms with Crippen LogP contribution in [0, 0.1) is 0 Å². The van der Waals surface area contributed by atoms with Crippen LogP contribution in [0.3, 0.4) is 0 Å². The highest BCUT2D eigenvalue weighted by Crippen LogP contribution is 2.12. The van der Waals surface area contributed by atoms with Crippen LogP contribution in [-0.4, -0.2) is 25.9 Å². The predicted octanol–water partition coefficient (Wildman–Crippen LogP) is 0.528. The topological polar surface area (TPSA) is 98.7 Å². The highest BCUT2D eigenvalue weighted by Gasteiger charge is 2.16. The maximum atomic E-state index is 12.0. The largest absolute Gasteiger partial charge is 0.396 e. The van der Waals surface area contributed by atoms with E-state index in [0.29, 0.717) is 23.7 Å². The van der Waals surface area contributed by atoms with Gasteiger partial charge in [-0.15, -0.1) is 5.10 Å². The molecule has 0 saturated carbocycles. The van der Waals surface area contributed by atoms with Crippen LogP contribution < -0.4 is 11.1 Å². The number of nitrogens with zero attached hydrogens (tertiary/aromatic N) is 4. The van der Waals surface area contributed by atoms with Crippen LogP contribution in [0.2, 0.25) is 0 Å². The van der Waals surface area contributed by atoms with Crippen LogP contribution in [0.5, 0.6) is 0 Å². The number of rotatable bonds is 3. The lowest BCUT2D eigenvalue weighted by atomic mass is 10.3. The summed E-state index contributed by atoms with van der Waals surface area (Å²) < 4.78 is 1.53. The number of aromatic nitrogens is 4. The van der Waals surface area contributed by atoms with Crippen molar-refractivity contribution in [1.82, 2.24) is 20.0 Å².